The molecule has 3 N–H and O–H groups in total. The standard InChI is InChI=1S/C40H54N6O6/c1-8-10-28-21-26(3)43-38(49)33(28)25-42-37(48)32-22-30(23-34(27(32)4)46(36(47)9-2)31-13-19-51-20-14-31)29-11-12-35(41-24-29)44-15-17-45(18-16-44)39(50)52-40(5,6)7/h9,11-12,21-24,31,37,42,48H,2,8,10,13-20,25H2,1,3-7H3,(H,43,49). The van der Waals surface area contributed by atoms with Gasteiger partial charge < -0.3 is 34.3 Å². The summed E-state index contributed by atoms with van der Waals surface area (Å²) < 4.78 is 11.2. The fraction of sp³-hybridized carbons (Fsp3) is 0.500. The summed E-state index contributed by atoms with van der Waals surface area (Å²) in [5, 5.41) is 14.9. The average molecular weight is 715 g/mol. The van der Waals surface area contributed by atoms with Gasteiger partial charge in [0.15, 0.2) is 0 Å². The van der Waals surface area contributed by atoms with Crippen molar-refractivity contribution in [2.75, 3.05) is 49.2 Å². The van der Waals surface area contributed by atoms with Crippen molar-refractivity contribution in [2.24, 2.45) is 0 Å². The number of anilines is 2. The van der Waals surface area contributed by atoms with E-state index in [0.29, 0.717) is 69.0 Å². The molecule has 2 amide bonds. The van der Waals surface area contributed by atoms with Gasteiger partial charge in [0, 0.05) is 86.2 Å². The summed E-state index contributed by atoms with van der Waals surface area (Å²) in [7, 11) is 0. The van der Waals surface area contributed by atoms with Crippen molar-refractivity contribution in [3.05, 3.63) is 87.5 Å². The number of piperazine rings is 1. The molecular formula is C40H54N6O6. The van der Waals surface area contributed by atoms with Crippen LogP contribution in [0.15, 0.2) is 54.0 Å². The second kappa shape index (κ2) is 16.9. The third-order valence-electron chi connectivity index (χ3n) is 9.63. The number of nitrogens with zero attached hydrogens (tertiary/aromatic N) is 4. The van der Waals surface area contributed by atoms with Gasteiger partial charge in [-0.2, -0.15) is 0 Å². The first kappa shape index (κ1) is 38.7. The second-order valence-electron chi connectivity index (χ2n) is 14.6. The number of rotatable bonds is 11. The third kappa shape index (κ3) is 9.28. The Labute approximate surface area is 306 Å². The number of benzene rings is 1. The molecule has 4 heterocycles. The van der Waals surface area contributed by atoms with Crippen LogP contribution in [0.5, 0.6) is 0 Å². The van der Waals surface area contributed by atoms with Crippen molar-refractivity contribution in [3.8, 4) is 11.1 Å². The molecule has 280 valence electrons. The number of aryl methyl sites for hydroxylation is 2. The van der Waals surface area contributed by atoms with Crippen LogP contribution in [0.1, 0.15) is 81.1 Å². The summed E-state index contributed by atoms with van der Waals surface area (Å²) in [5.41, 5.74) is 5.21. The Kier molecular flexibility index (Phi) is 12.6. The topological polar surface area (TPSA) is 140 Å². The lowest BCUT2D eigenvalue weighted by Crippen LogP contribution is -2.50. The van der Waals surface area contributed by atoms with E-state index >= 15 is 0 Å². The molecule has 1 unspecified atom stereocenters. The summed E-state index contributed by atoms with van der Waals surface area (Å²) in [4.78, 5) is 52.4. The van der Waals surface area contributed by atoms with E-state index in [0.717, 1.165) is 46.6 Å². The normalized spacial score (nSPS) is 16.1. The number of carbonyl (C=O) groups excluding carboxylic acids is 2. The van der Waals surface area contributed by atoms with Gasteiger partial charge in [0.2, 0.25) is 0 Å². The van der Waals surface area contributed by atoms with Gasteiger partial charge in [-0.25, -0.2) is 9.78 Å². The molecular weight excluding hydrogens is 660 g/mol. The molecule has 12 nitrogen and oxygen atoms in total. The Bertz CT molecular complexity index is 1790. The van der Waals surface area contributed by atoms with E-state index in [-0.39, 0.29) is 30.1 Å². The Morgan fingerprint density at radius 2 is 1.85 bits per heavy atom. The van der Waals surface area contributed by atoms with Gasteiger partial charge in [-0.1, -0.05) is 19.9 Å². The molecule has 0 aliphatic carbocycles. The molecule has 1 aromatic carbocycles. The van der Waals surface area contributed by atoms with Crippen LogP contribution in [-0.4, -0.2) is 83.0 Å². The van der Waals surface area contributed by atoms with Crippen LogP contribution in [0.25, 0.3) is 11.1 Å². The van der Waals surface area contributed by atoms with Gasteiger partial charge in [0.1, 0.15) is 17.6 Å². The number of pyridine rings is 2. The lowest BCUT2D eigenvalue weighted by molar-refractivity contribution is -0.115. The Hall–Kier alpha value is -4.52. The van der Waals surface area contributed by atoms with Crippen LogP contribution in [0, 0.1) is 13.8 Å². The van der Waals surface area contributed by atoms with Crippen LogP contribution >= 0.6 is 0 Å². The highest BCUT2D eigenvalue weighted by Gasteiger charge is 2.30. The molecule has 52 heavy (non-hydrogen) atoms. The minimum absolute atomic E-state index is 0.103. The number of aliphatic hydroxyl groups excluding tert-OH is 1. The molecule has 0 radical (unpaired) electrons. The highest BCUT2D eigenvalue weighted by molar-refractivity contribution is 6.02. The average Bonchev–Trinajstić information content (AvgIpc) is 3.12. The fourth-order valence-electron chi connectivity index (χ4n) is 6.93. The van der Waals surface area contributed by atoms with E-state index in [9.17, 15) is 19.5 Å². The molecule has 2 fully saturated rings. The minimum atomic E-state index is -1.14. The van der Waals surface area contributed by atoms with E-state index in [1.165, 1.54) is 6.08 Å². The zero-order valence-corrected chi connectivity index (χ0v) is 31.5. The van der Waals surface area contributed by atoms with Gasteiger partial charge in [-0.05, 0) is 107 Å². The first-order valence-corrected chi connectivity index (χ1v) is 18.3. The SMILES string of the molecule is C=CC(=O)N(c1cc(-c2ccc(N3CCN(C(=O)OC(C)(C)C)CC3)nc2)cc(C(O)NCc2c(CCC)cc(C)[nH]c2=O)c1C)C1CCOCC1. The van der Waals surface area contributed by atoms with Crippen LogP contribution < -0.4 is 20.7 Å². The van der Waals surface area contributed by atoms with Crippen molar-refractivity contribution in [2.45, 2.75) is 91.6 Å². The van der Waals surface area contributed by atoms with Crippen molar-refractivity contribution in [1.29, 1.82) is 0 Å². The number of hydrogen-bond acceptors (Lipinski definition) is 9. The molecule has 12 heteroatoms. The lowest BCUT2D eigenvalue weighted by atomic mass is 9.95. The molecule has 0 spiro atoms. The van der Waals surface area contributed by atoms with Gasteiger partial charge in [-0.3, -0.25) is 14.9 Å². The number of nitrogens with one attached hydrogen (secondary N) is 2. The number of aromatic nitrogens is 2. The first-order chi connectivity index (χ1) is 24.8. The van der Waals surface area contributed by atoms with E-state index in [1.807, 2.05) is 65.0 Å². The molecule has 0 saturated carbocycles. The van der Waals surface area contributed by atoms with Gasteiger partial charge in [0.05, 0.1) is 0 Å². The van der Waals surface area contributed by atoms with Gasteiger partial charge in [-0.15, -0.1) is 0 Å². The quantitative estimate of drug-likeness (QED) is 0.173. The Morgan fingerprint density at radius 1 is 1.13 bits per heavy atom. The van der Waals surface area contributed by atoms with Crippen LogP contribution in [-0.2, 0) is 27.2 Å². The van der Waals surface area contributed by atoms with E-state index in [2.05, 4.69) is 28.7 Å². The summed E-state index contributed by atoms with van der Waals surface area (Å²) in [6.07, 6.45) is 4.66. The Morgan fingerprint density at radius 3 is 2.46 bits per heavy atom. The number of aliphatic hydroxyl groups is 1. The zero-order chi connectivity index (χ0) is 37.6. The molecule has 5 rings (SSSR count). The maximum atomic E-state index is 13.5. The maximum absolute atomic E-state index is 13.5. The lowest BCUT2D eigenvalue weighted by Gasteiger charge is -2.36. The highest BCUT2D eigenvalue weighted by Crippen LogP contribution is 2.36. The maximum Gasteiger partial charge on any atom is 0.410 e. The predicted molar refractivity (Wildman–Crippen MR) is 204 cm³/mol. The van der Waals surface area contributed by atoms with Gasteiger partial charge >= 0.3 is 6.09 Å². The van der Waals surface area contributed by atoms with Crippen LogP contribution in [0.4, 0.5) is 16.3 Å². The molecule has 3 aromatic rings. The van der Waals surface area contributed by atoms with Crippen LogP contribution in [0.3, 0.4) is 0 Å². The van der Waals surface area contributed by atoms with Crippen molar-refractivity contribution < 1.29 is 24.2 Å². The van der Waals surface area contributed by atoms with E-state index in [1.54, 1.807) is 16.0 Å². The first-order valence-electron chi connectivity index (χ1n) is 18.3. The monoisotopic (exact) mass is 714 g/mol. The predicted octanol–water partition coefficient (Wildman–Crippen LogP) is 5.54. The summed E-state index contributed by atoms with van der Waals surface area (Å²) in [5.74, 6) is 0.564. The van der Waals surface area contributed by atoms with Crippen molar-refractivity contribution in [1.82, 2.24) is 20.2 Å². The van der Waals surface area contributed by atoms with E-state index in [4.69, 9.17) is 14.5 Å². The molecule has 2 aromatic heterocycles. The minimum Gasteiger partial charge on any atom is -0.444 e. The second-order valence-corrected chi connectivity index (χ2v) is 14.6. The number of amides is 2. The number of H-pyrrole nitrogens is 1. The number of aromatic amines is 1. The Balaban J connectivity index is 1.46. The number of ether oxygens (including phenoxy) is 2. The third-order valence-corrected chi connectivity index (χ3v) is 9.63. The molecule has 0 bridgehead atoms. The summed E-state index contributed by atoms with van der Waals surface area (Å²) >= 11 is 0. The zero-order valence-electron chi connectivity index (χ0n) is 31.5. The molecule has 2 aliphatic heterocycles. The highest BCUT2D eigenvalue weighted by atomic mass is 16.6. The van der Waals surface area contributed by atoms with Crippen molar-refractivity contribution >= 4 is 23.5 Å². The van der Waals surface area contributed by atoms with Gasteiger partial charge in [0.25, 0.3) is 11.5 Å². The van der Waals surface area contributed by atoms with Crippen LogP contribution in [0.2, 0.25) is 0 Å². The van der Waals surface area contributed by atoms with Crippen molar-refractivity contribution in [3.63, 3.8) is 0 Å². The smallest absolute Gasteiger partial charge is 0.410 e. The molecule has 1 atom stereocenters. The van der Waals surface area contributed by atoms with E-state index < -0.39 is 11.8 Å². The molecule has 2 aliphatic rings. The molecule has 2 saturated heterocycles. The largest absolute Gasteiger partial charge is 0.444 e. The number of hydrogen-bond donors (Lipinski definition) is 3. The summed E-state index contributed by atoms with van der Waals surface area (Å²) in [6, 6.07) is 9.72. The fourth-order valence-corrected chi connectivity index (χ4v) is 6.93. The number of carbonyl (C=O) groups is 2. The summed E-state index contributed by atoms with van der Waals surface area (Å²) in [6.45, 7) is 18.8.